The largest absolute Gasteiger partial charge is 0.336 e. The average Bonchev–Trinajstić information content (AvgIpc) is 2.90. The molecule has 1 aromatic carbocycles. The first-order chi connectivity index (χ1) is 9.74. The topological polar surface area (TPSA) is 20.3 Å². The van der Waals surface area contributed by atoms with E-state index in [1.165, 1.54) is 32.1 Å². The molecule has 106 valence electrons. The monoisotopic (exact) mass is 289 g/mol. The highest BCUT2D eigenvalue weighted by molar-refractivity contribution is 6.30. The zero-order valence-electron chi connectivity index (χ0n) is 11.6. The predicted molar refractivity (Wildman–Crippen MR) is 82.6 cm³/mol. The summed E-state index contributed by atoms with van der Waals surface area (Å²) in [6.45, 7) is 0.930. The van der Waals surface area contributed by atoms with Crippen LogP contribution in [-0.4, -0.2) is 23.4 Å². The third-order valence-electron chi connectivity index (χ3n) is 4.58. The second-order valence-electron chi connectivity index (χ2n) is 5.82. The molecule has 0 bridgehead atoms. The summed E-state index contributed by atoms with van der Waals surface area (Å²) in [6, 6.07) is 8.04. The van der Waals surface area contributed by atoms with Crippen LogP contribution >= 0.6 is 11.6 Å². The Morgan fingerprint density at radius 1 is 1.15 bits per heavy atom. The normalized spacial score (nSPS) is 25.9. The third kappa shape index (κ3) is 2.90. The molecule has 2 fully saturated rings. The van der Waals surface area contributed by atoms with E-state index in [1.807, 2.05) is 30.3 Å². The molecule has 1 saturated heterocycles. The molecule has 1 aromatic rings. The smallest absolute Gasteiger partial charge is 0.246 e. The van der Waals surface area contributed by atoms with Crippen molar-refractivity contribution in [2.75, 3.05) is 6.54 Å². The molecule has 2 nitrogen and oxygen atoms in total. The van der Waals surface area contributed by atoms with E-state index in [9.17, 15) is 4.79 Å². The van der Waals surface area contributed by atoms with Crippen LogP contribution in [0.15, 0.2) is 30.3 Å². The average molecular weight is 290 g/mol. The van der Waals surface area contributed by atoms with Crippen LogP contribution in [-0.2, 0) is 4.79 Å². The first-order valence-corrected chi connectivity index (χ1v) is 7.86. The van der Waals surface area contributed by atoms with E-state index in [4.69, 9.17) is 11.6 Å². The number of hydrogen-bond donors (Lipinski definition) is 0. The van der Waals surface area contributed by atoms with Crippen molar-refractivity contribution in [2.24, 2.45) is 5.92 Å². The van der Waals surface area contributed by atoms with Gasteiger partial charge < -0.3 is 4.90 Å². The van der Waals surface area contributed by atoms with Crippen molar-refractivity contribution < 1.29 is 4.79 Å². The minimum Gasteiger partial charge on any atom is -0.336 e. The van der Waals surface area contributed by atoms with Crippen LogP contribution in [0, 0.1) is 5.92 Å². The van der Waals surface area contributed by atoms with Gasteiger partial charge in [-0.15, -0.1) is 0 Å². The maximum Gasteiger partial charge on any atom is 0.246 e. The second-order valence-corrected chi connectivity index (χ2v) is 6.25. The maximum atomic E-state index is 12.4. The Balaban J connectivity index is 1.65. The highest BCUT2D eigenvalue weighted by Gasteiger charge is 2.37. The summed E-state index contributed by atoms with van der Waals surface area (Å²) in [7, 11) is 0. The number of fused-ring (bicyclic) bond motifs is 1. The van der Waals surface area contributed by atoms with Crippen molar-refractivity contribution >= 4 is 23.6 Å². The molecule has 1 heterocycles. The zero-order valence-corrected chi connectivity index (χ0v) is 12.4. The molecule has 1 saturated carbocycles. The Morgan fingerprint density at radius 3 is 2.70 bits per heavy atom. The molecule has 0 spiro atoms. The van der Waals surface area contributed by atoms with E-state index in [1.54, 1.807) is 6.08 Å². The fourth-order valence-electron chi connectivity index (χ4n) is 3.52. The molecule has 2 unspecified atom stereocenters. The molecule has 0 N–H and O–H groups in total. The van der Waals surface area contributed by atoms with Crippen molar-refractivity contribution in [3.63, 3.8) is 0 Å². The highest BCUT2D eigenvalue weighted by Crippen LogP contribution is 2.36. The Bertz CT molecular complexity index is 508. The molecule has 1 aliphatic heterocycles. The fraction of sp³-hybridized carbons (Fsp3) is 0.471. The van der Waals surface area contributed by atoms with E-state index in [0.717, 1.165) is 23.0 Å². The molecule has 20 heavy (non-hydrogen) atoms. The number of amides is 1. The summed E-state index contributed by atoms with van der Waals surface area (Å²) in [4.78, 5) is 14.4. The minimum atomic E-state index is 0.161. The molecule has 3 heteroatoms. The molecule has 0 radical (unpaired) electrons. The van der Waals surface area contributed by atoms with Gasteiger partial charge in [0.1, 0.15) is 0 Å². The lowest BCUT2D eigenvalue weighted by Crippen LogP contribution is -2.38. The standard InChI is InChI=1S/C17H20ClNO/c18-15-8-5-13(6-9-15)7-10-17(20)19-12-11-14-3-1-2-4-16(14)19/h5-10,14,16H,1-4,11-12H2. The van der Waals surface area contributed by atoms with Crippen LogP contribution in [0.4, 0.5) is 0 Å². The molecule has 2 aliphatic rings. The van der Waals surface area contributed by atoms with Gasteiger partial charge in [0.25, 0.3) is 0 Å². The molecule has 0 aromatic heterocycles. The van der Waals surface area contributed by atoms with Gasteiger partial charge in [-0.25, -0.2) is 0 Å². The number of halogens is 1. The Hall–Kier alpha value is -1.28. The molecule has 1 aliphatic carbocycles. The van der Waals surface area contributed by atoms with Gasteiger partial charge in [0.05, 0.1) is 0 Å². The SMILES string of the molecule is O=C(C=Cc1ccc(Cl)cc1)N1CCC2CCCCC21. The molecule has 3 rings (SSSR count). The Kier molecular flexibility index (Phi) is 4.11. The van der Waals surface area contributed by atoms with Crippen LogP contribution in [0.1, 0.15) is 37.7 Å². The van der Waals surface area contributed by atoms with Gasteiger partial charge >= 0.3 is 0 Å². The Morgan fingerprint density at radius 2 is 1.90 bits per heavy atom. The first kappa shape index (κ1) is 13.7. The molecular weight excluding hydrogens is 270 g/mol. The first-order valence-electron chi connectivity index (χ1n) is 7.48. The third-order valence-corrected chi connectivity index (χ3v) is 4.83. The molecule has 1 amide bonds. The van der Waals surface area contributed by atoms with Crippen molar-refractivity contribution in [2.45, 2.75) is 38.1 Å². The van der Waals surface area contributed by atoms with E-state index >= 15 is 0 Å². The minimum absolute atomic E-state index is 0.161. The van der Waals surface area contributed by atoms with Gasteiger partial charge in [-0.1, -0.05) is 36.6 Å². The fourth-order valence-corrected chi connectivity index (χ4v) is 3.64. The number of carbonyl (C=O) groups is 1. The summed E-state index contributed by atoms with van der Waals surface area (Å²) in [5.74, 6) is 0.908. The number of nitrogens with zero attached hydrogens (tertiary/aromatic N) is 1. The van der Waals surface area contributed by atoms with Crippen molar-refractivity contribution in [1.82, 2.24) is 4.90 Å². The quantitative estimate of drug-likeness (QED) is 0.749. The van der Waals surface area contributed by atoms with E-state index in [0.29, 0.717) is 6.04 Å². The van der Waals surface area contributed by atoms with Gasteiger partial charge in [-0.3, -0.25) is 4.79 Å². The van der Waals surface area contributed by atoms with Crippen LogP contribution < -0.4 is 0 Å². The van der Waals surface area contributed by atoms with Crippen LogP contribution in [0.3, 0.4) is 0 Å². The number of likely N-dealkylation sites (tertiary alicyclic amines) is 1. The van der Waals surface area contributed by atoms with Crippen molar-refractivity contribution in [3.05, 3.63) is 40.9 Å². The molecular formula is C17H20ClNO. The van der Waals surface area contributed by atoms with E-state index in [2.05, 4.69) is 4.90 Å². The van der Waals surface area contributed by atoms with Crippen molar-refractivity contribution in [3.8, 4) is 0 Å². The lowest BCUT2D eigenvalue weighted by Gasteiger charge is -2.31. The van der Waals surface area contributed by atoms with Crippen molar-refractivity contribution in [1.29, 1.82) is 0 Å². The van der Waals surface area contributed by atoms with Crippen LogP contribution in [0.2, 0.25) is 5.02 Å². The number of benzene rings is 1. The summed E-state index contributed by atoms with van der Waals surface area (Å²) in [5.41, 5.74) is 1.02. The van der Waals surface area contributed by atoms with Gasteiger partial charge in [-0.2, -0.15) is 0 Å². The Labute approximate surface area is 125 Å². The van der Waals surface area contributed by atoms with E-state index < -0.39 is 0 Å². The number of hydrogen-bond acceptors (Lipinski definition) is 1. The van der Waals surface area contributed by atoms with Gasteiger partial charge in [0, 0.05) is 23.7 Å². The van der Waals surface area contributed by atoms with Gasteiger partial charge in [-0.05, 0) is 49.0 Å². The summed E-state index contributed by atoms with van der Waals surface area (Å²) in [6.07, 6.45) is 9.87. The summed E-state index contributed by atoms with van der Waals surface area (Å²) >= 11 is 5.86. The van der Waals surface area contributed by atoms with Gasteiger partial charge in [0.2, 0.25) is 5.91 Å². The molecule has 2 atom stereocenters. The predicted octanol–water partition coefficient (Wildman–Crippen LogP) is 4.14. The van der Waals surface area contributed by atoms with Crippen LogP contribution in [0.25, 0.3) is 6.08 Å². The summed E-state index contributed by atoms with van der Waals surface area (Å²) < 4.78 is 0. The van der Waals surface area contributed by atoms with Gasteiger partial charge in [0.15, 0.2) is 0 Å². The second kappa shape index (κ2) is 6.01. The zero-order chi connectivity index (χ0) is 13.9. The number of carbonyl (C=O) groups excluding carboxylic acids is 1. The lowest BCUT2D eigenvalue weighted by molar-refractivity contribution is -0.127. The maximum absolute atomic E-state index is 12.4. The van der Waals surface area contributed by atoms with Crippen LogP contribution in [0.5, 0.6) is 0 Å². The highest BCUT2D eigenvalue weighted by atomic mass is 35.5. The number of rotatable bonds is 2. The van der Waals surface area contributed by atoms with E-state index in [-0.39, 0.29) is 5.91 Å². The lowest BCUT2D eigenvalue weighted by atomic mass is 9.85. The summed E-state index contributed by atoms with van der Waals surface area (Å²) in [5, 5.41) is 0.720.